The summed E-state index contributed by atoms with van der Waals surface area (Å²) in [7, 11) is 1.47. The van der Waals surface area contributed by atoms with Gasteiger partial charge in [0.15, 0.2) is 0 Å². The van der Waals surface area contributed by atoms with Crippen molar-refractivity contribution in [2.24, 2.45) is 0 Å². The molecule has 0 heterocycles. The molecule has 0 radical (unpaired) electrons. The molecule has 1 atom stereocenters. The van der Waals surface area contributed by atoms with E-state index < -0.39 is 6.10 Å². The van der Waals surface area contributed by atoms with E-state index in [0.29, 0.717) is 0 Å². The van der Waals surface area contributed by atoms with Gasteiger partial charge >= 0.3 is 0 Å². The third kappa shape index (κ3) is 15.7. The van der Waals surface area contributed by atoms with E-state index in [2.05, 4.69) is 4.74 Å². The molecule has 3 N–H and O–H groups in total. The third-order valence-corrected chi connectivity index (χ3v) is 0.570. The molecule has 0 aromatic rings. The van der Waals surface area contributed by atoms with Crippen molar-refractivity contribution >= 4 is 0 Å². The Kier molecular flexibility index (Phi) is 14.5. The Bertz CT molecular complexity index is 49.0. The maximum Gasteiger partial charge on any atom is 0.100 e. The van der Waals surface area contributed by atoms with Gasteiger partial charge in [-0.05, 0) is 6.92 Å². The molecule has 10 heavy (non-hydrogen) atoms. The largest absolute Gasteiger partial charge is 0.397 e. The molecular weight excluding hydrogens is 136 g/mol. The van der Waals surface area contributed by atoms with Gasteiger partial charge in [0.25, 0.3) is 0 Å². The molecule has 64 valence electrons. The molecule has 0 aliphatic heterocycles. The monoisotopic (exact) mass is 152 g/mol. The van der Waals surface area contributed by atoms with Crippen LogP contribution in [-0.4, -0.2) is 48.4 Å². The summed E-state index contributed by atoms with van der Waals surface area (Å²) in [6, 6.07) is 0. The van der Waals surface area contributed by atoms with Gasteiger partial charge in [-0.2, -0.15) is 0 Å². The Balaban J connectivity index is 0. The first-order chi connectivity index (χ1) is 4.72. The van der Waals surface area contributed by atoms with Crippen molar-refractivity contribution < 1.29 is 20.1 Å². The second-order valence-corrected chi connectivity index (χ2v) is 1.61. The number of rotatable bonds is 3. The van der Waals surface area contributed by atoms with Gasteiger partial charge in [-0.3, -0.25) is 0 Å². The lowest BCUT2D eigenvalue weighted by molar-refractivity contribution is 0.0254. The Hall–Kier alpha value is -0.160. The van der Waals surface area contributed by atoms with Crippen LogP contribution in [0.3, 0.4) is 0 Å². The zero-order valence-corrected chi connectivity index (χ0v) is 6.45. The SMILES string of the molecule is CCO.COCC(O)CO. The fourth-order valence-corrected chi connectivity index (χ4v) is 0.245. The standard InChI is InChI=1S/C4H10O3.C2H6O/c1-7-3-4(6)2-5;1-2-3/h4-6H,2-3H2,1H3;3H,2H2,1H3. The molecule has 4 nitrogen and oxygen atoms in total. The first-order valence-corrected chi connectivity index (χ1v) is 3.11. The van der Waals surface area contributed by atoms with Crippen molar-refractivity contribution in [1.82, 2.24) is 0 Å². The van der Waals surface area contributed by atoms with Crippen LogP contribution in [0, 0.1) is 0 Å². The highest BCUT2D eigenvalue weighted by Crippen LogP contribution is 1.77. The summed E-state index contributed by atoms with van der Waals surface area (Å²) in [5, 5.41) is 24.2. The summed E-state index contributed by atoms with van der Waals surface area (Å²) in [6.07, 6.45) is -0.718. The molecule has 0 aliphatic rings. The van der Waals surface area contributed by atoms with Crippen LogP contribution in [0.2, 0.25) is 0 Å². The first kappa shape index (κ1) is 12.5. The van der Waals surface area contributed by atoms with Crippen LogP contribution in [-0.2, 0) is 4.74 Å². The van der Waals surface area contributed by atoms with Gasteiger partial charge in [0, 0.05) is 13.7 Å². The zero-order chi connectivity index (χ0) is 8.41. The average Bonchev–Trinajstić information content (AvgIpc) is 1.90. The fourth-order valence-electron chi connectivity index (χ4n) is 0.245. The van der Waals surface area contributed by atoms with E-state index in [4.69, 9.17) is 15.3 Å². The van der Waals surface area contributed by atoms with Crippen LogP contribution in [0.4, 0.5) is 0 Å². The maximum atomic E-state index is 8.48. The molecule has 0 rings (SSSR count). The van der Waals surface area contributed by atoms with Gasteiger partial charge in [-0.1, -0.05) is 0 Å². The number of methoxy groups -OCH3 is 1. The topological polar surface area (TPSA) is 69.9 Å². The minimum Gasteiger partial charge on any atom is -0.397 e. The van der Waals surface area contributed by atoms with Crippen LogP contribution >= 0.6 is 0 Å². The van der Waals surface area contributed by atoms with Gasteiger partial charge in [0.2, 0.25) is 0 Å². The summed E-state index contributed by atoms with van der Waals surface area (Å²) < 4.78 is 4.48. The summed E-state index contributed by atoms with van der Waals surface area (Å²) in [5.41, 5.74) is 0. The van der Waals surface area contributed by atoms with E-state index in [-0.39, 0.29) is 19.8 Å². The van der Waals surface area contributed by atoms with Gasteiger partial charge in [-0.15, -0.1) is 0 Å². The van der Waals surface area contributed by atoms with Crippen molar-refractivity contribution in [1.29, 1.82) is 0 Å². The molecule has 0 amide bonds. The normalized spacial score (nSPS) is 11.7. The minimum absolute atomic E-state index is 0.205. The van der Waals surface area contributed by atoms with E-state index in [1.165, 1.54) is 7.11 Å². The second-order valence-electron chi connectivity index (χ2n) is 1.61. The van der Waals surface area contributed by atoms with E-state index in [1.807, 2.05) is 0 Å². The predicted molar refractivity (Wildman–Crippen MR) is 37.7 cm³/mol. The molecule has 0 aromatic carbocycles. The van der Waals surface area contributed by atoms with Crippen molar-refractivity contribution in [2.75, 3.05) is 26.9 Å². The van der Waals surface area contributed by atoms with Gasteiger partial charge in [0.1, 0.15) is 6.10 Å². The lowest BCUT2D eigenvalue weighted by Gasteiger charge is -2.01. The molecule has 0 saturated carbocycles. The van der Waals surface area contributed by atoms with E-state index >= 15 is 0 Å². The molecule has 0 saturated heterocycles. The van der Waals surface area contributed by atoms with E-state index in [1.54, 1.807) is 6.92 Å². The first-order valence-electron chi connectivity index (χ1n) is 3.11. The van der Waals surface area contributed by atoms with Crippen molar-refractivity contribution in [3.05, 3.63) is 0 Å². The third-order valence-electron chi connectivity index (χ3n) is 0.570. The summed E-state index contributed by atoms with van der Waals surface area (Å²) in [5.74, 6) is 0. The molecule has 0 aromatic heterocycles. The van der Waals surface area contributed by atoms with Crippen LogP contribution in [0.5, 0.6) is 0 Å². The lowest BCUT2D eigenvalue weighted by Crippen LogP contribution is -2.17. The maximum absolute atomic E-state index is 8.48. The Morgan fingerprint density at radius 3 is 1.90 bits per heavy atom. The minimum atomic E-state index is -0.718. The molecule has 0 spiro atoms. The van der Waals surface area contributed by atoms with E-state index in [9.17, 15) is 0 Å². The van der Waals surface area contributed by atoms with Crippen LogP contribution in [0.1, 0.15) is 6.92 Å². The highest BCUT2D eigenvalue weighted by Gasteiger charge is 1.96. The van der Waals surface area contributed by atoms with E-state index in [0.717, 1.165) is 0 Å². The smallest absolute Gasteiger partial charge is 0.100 e. The van der Waals surface area contributed by atoms with Gasteiger partial charge in [0.05, 0.1) is 13.2 Å². The van der Waals surface area contributed by atoms with Gasteiger partial charge in [-0.25, -0.2) is 0 Å². The second kappa shape index (κ2) is 11.6. The zero-order valence-electron chi connectivity index (χ0n) is 6.45. The Labute approximate surface area is 61.1 Å². The molecule has 4 heteroatoms. The Morgan fingerprint density at radius 2 is 1.80 bits per heavy atom. The van der Waals surface area contributed by atoms with Crippen LogP contribution < -0.4 is 0 Å². The van der Waals surface area contributed by atoms with Crippen LogP contribution in [0.25, 0.3) is 0 Å². The highest BCUT2D eigenvalue weighted by molar-refractivity contribution is 4.46. The predicted octanol–water partition coefficient (Wildman–Crippen LogP) is -1.02. The molecule has 0 bridgehead atoms. The molecule has 0 aliphatic carbocycles. The van der Waals surface area contributed by atoms with Crippen molar-refractivity contribution in [3.63, 3.8) is 0 Å². The highest BCUT2D eigenvalue weighted by atomic mass is 16.5. The summed E-state index contributed by atoms with van der Waals surface area (Å²) in [4.78, 5) is 0. The Morgan fingerprint density at radius 1 is 1.40 bits per heavy atom. The number of aliphatic hydroxyl groups is 3. The van der Waals surface area contributed by atoms with Crippen molar-refractivity contribution in [2.45, 2.75) is 13.0 Å². The molecule has 1 unspecified atom stereocenters. The van der Waals surface area contributed by atoms with Crippen molar-refractivity contribution in [3.8, 4) is 0 Å². The number of hydrogen-bond donors (Lipinski definition) is 3. The summed E-state index contributed by atoms with van der Waals surface area (Å²) >= 11 is 0. The van der Waals surface area contributed by atoms with Gasteiger partial charge < -0.3 is 20.1 Å². The number of ether oxygens (including phenoxy) is 1. The lowest BCUT2D eigenvalue weighted by atomic mass is 10.4. The number of aliphatic hydroxyl groups excluding tert-OH is 3. The fraction of sp³-hybridized carbons (Fsp3) is 1.00. The molecular formula is C6H16O4. The molecule has 0 fully saturated rings. The van der Waals surface area contributed by atoms with Crippen LogP contribution in [0.15, 0.2) is 0 Å². The average molecular weight is 152 g/mol. The number of hydrogen-bond acceptors (Lipinski definition) is 4. The quantitative estimate of drug-likeness (QED) is 0.484. The summed E-state index contributed by atoms with van der Waals surface area (Å²) in [6.45, 7) is 1.91.